The van der Waals surface area contributed by atoms with Crippen molar-refractivity contribution >= 4 is 0 Å². The number of benzene rings is 1. The molecule has 0 bridgehead atoms. The first-order valence-electron chi connectivity index (χ1n) is 7.93. The first-order valence-corrected chi connectivity index (χ1v) is 7.93. The van der Waals surface area contributed by atoms with Crippen molar-refractivity contribution in [1.82, 2.24) is 0 Å². The van der Waals surface area contributed by atoms with Gasteiger partial charge in [-0.2, -0.15) is 0 Å². The molecule has 3 rings (SSSR count). The smallest absolute Gasteiger partial charge is 0.158 e. The highest BCUT2D eigenvalue weighted by Gasteiger charge is 2.48. The summed E-state index contributed by atoms with van der Waals surface area (Å²) in [4.78, 5) is 0. The minimum atomic E-state index is -1.56. The molecule has 0 aliphatic heterocycles. The molecule has 0 heterocycles. The number of hydrogen-bond donors (Lipinski definition) is 0. The first kappa shape index (κ1) is 15.4. The molecule has 2 aliphatic rings. The van der Waals surface area contributed by atoms with Crippen molar-refractivity contribution in [3.63, 3.8) is 0 Å². The van der Waals surface area contributed by atoms with E-state index in [1.165, 1.54) is 19.4 Å². The summed E-state index contributed by atoms with van der Waals surface area (Å²) in [6.45, 7) is 4.88. The van der Waals surface area contributed by atoms with Gasteiger partial charge in [0, 0.05) is 0 Å². The summed E-state index contributed by atoms with van der Waals surface area (Å²) in [5, 5.41) is 0. The van der Waals surface area contributed by atoms with Crippen LogP contribution in [0.15, 0.2) is 41.0 Å². The molecule has 0 saturated heterocycles. The van der Waals surface area contributed by atoms with Gasteiger partial charge in [-0.05, 0) is 60.9 Å². The average molecular weight is 306 g/mol. The fourth-order valence-electron chi connectivity index (χ4n) is 3.56. The number of rotatable bonds is 3. The number of alkyl halides is 1. The molecule has 0 saturated carbocycles. The predicted molar refractivity (Wildman–Crippen MR) is 82.9 cm³/mol. The van der Waals surface area contributed by atoms with E-state index >= 15 is 4.39 Å². The van der Waals surface area contributed by atoms with Crippen molar-refractivity contribution < 1.29 is 13.2 Å². The van der Waals surface area contributed by atoms with E-state index in [9.17, 15) is 8.78 Å². The van der Waals surface area contributed by atoms with Crippen LogP contribution in [0.2, 0.25) is 0 Å². The number of fused-ring (bicyclic) bond motifs is 1. The number of hydrogen-bond acceptors (Lipinski definition) is 0. The van der Waals surface area contributed by atoms with Crippen LogP contribution >= 0.6 is 0 Å². The Hall–Kier alpha value is -1.51. The zero-order valence-electron chi connectivity index (χ0n) is 13.3. The van der Waals surface area contributed by atoms with E-state index < -0.39 is 23.2 Å². The number of allylic oxidation sites excluding steroid dienone is 4. The third-order valence-electron chi connectivity index (χ3n) is 5.26. The Morgan fingerprint density at radius 3 is 2.41 bits per heavy atom. The molecule has 3 heteroatoms. The summed E-state index contributed by atoms with van der Waals surface area (Å²) in [7, 11) is 0. The van der Waals surface area contributed by atoms with E-state index in [-0.39, 0.29) is 5.57 Å². The van der Waals surface area contributed by atoms with Crippen molar-refractivity contribution in [3.05, 3.63) is 57.7 Å². The van der Waals surface area contributed by atoms with E-state index in [1.54, 1.807) is 6.07 Å². The minimum absolute atomic E-state index is 0.133. The zero-order valence-corrected chi connectivity index (χ0v) is 13.3. The summed E-state index contributed by atoms with van der Waals surface area (Å²) in [6.07, 6.45) is 1.58. The minimum Gasteiger partial charge on any atom is -0.241 e. The Labute approximate surface area is 129 Å². The predicted octanol–water partition coefficient (Wildman–Crippen LogP) is 5.66. The Kier molecular flexibility index (Phi) is 3.70. The molecule has 0 nitrogen and oxygen atoms in total. The molecule has 1 aromatic carbocycles. The molecule has 1 aromatic rings. The second-order valence-electron chi connectivity index (χ2n) is 6.58. The van der Waals surface area contributed by atoms with Gasteiger partial charge < -0.3 is 0 Å². The lowest BCUT2D eigenvalue weighted by Crippen LogP contribution is -2.40. The molecule has 0 aromatic heterocycles. The van der Waals surface area contributed by atoms with Crippen LogP contribution in [0, 0.1) is 0 Å². The molecule has 0 amide bonds. The van der Waals surface area contributed by atoms with E-state index in [1.807, 2.05) is 19.1 Å². The van der Waals surface area contributed by atoms with Gasteiger partial charge in [-0.25, -0.2) is 13.2 Å². The Balaban J connectivity index is 2.14. The van der Waals surface area contributed by atoms with Crippen LogP contribution in [0.5, 0.6) is 0 Å². The molecule has 22 heavy (non-hydrogen) atoms. The highest BCUT2D eigenvalue weighted by molar-refractivity contribution is 5.52. The largest absolute Gasteiger partial charge is 0.241 e. The molecule has 0 N–H and O–H groups in total. The maximum absolute atomic E-state index is 15.2. The van der Waals surface area contributed by atoms with Crippen LogP contribution in [-0.4, -0.2) is 6.17 Å². The number of aryl methyl sites for hydroxylation is 2. The van der Waals surface area contributed by atoms with Crippen molar-refractivity contribution in [2.45, 2.75) is 58.0 Å². The van der Waals surface area contributed by atoms with Gasteiger partial charge in [-0.3, -0.25) is 0 Å². The van der Waals surface area contributed by atoms with Gasteiger partial charge in [-0.1, -0.05) is 31.5 Å². The lowest BCUT2D eigenvalue weighted by molar-refractivity contribution is 0.216. The number of halogens is 3. The third kappa shape index (κ3) is 1.98. The zero-order chi connectivity index (χ0) is 16.1. The van der Waals surface area contributed by atoms with Crippen LogP contribution in [0.25, 0.3) is 0 Å². The van der Waals surface area contributed by atoms with Crippen LogP contribution in [0.4, 0.5) is 13.2 Å². The van der Waals surface area contributed by atoms with E-state index in [0.29, 0.717) is 24.0 Å². The van der Waals surface area contributed by atoms with Crippen molar-refractivity contribution in [2.24, 2.45) is 0 Å². The Morgan fingerprint density at radius 2 is 1.86 bits per heavy atom. The van der Waals surface area contributed by atoms with Gasteiger partial charge in [0.15, 0.2) is 5.83 Å². The van der Waals surface area contributed by atoms with Crippen molar-refractivity contribution in [2.75, 3.05) is 0 Å². The molecule has 0 fully saturated rings. The Morgan fingerprint density at radius 1 is 1.18 bits per heavy atom. The Bertz CT molecular complexity index is 684. The van der Waals surface area contributed by atoms with Crippen LogP contribution in [-0.2, 0) is 18.3 Å². The topological polar surface area (TPSA) is 0 Å². The summed E-state index contributed by atoms with van der Waals surface area (Å²) < 4.78 is 44.3. The molecular weight excluding hydrogens is 285 g/mol. The van der Waals surface area contributed by atoms with Gasteiger partial charge in [0.05, 0.1) is 5.41 Å². The third-order valence-corrected chi connectivity index (χ3v) is 5.26. The SMILES string of the molecule is CCCC1=C(C)C(F)=C(F)C(C)(c2ccc3c(c2)CC3)C1F. The highest BCUT2D eigenvalue weighted by atomic mass is 19.2. The normalized spacial score (nSPS) is 27.8. The van der Waals surface area contributed by atoms with Crippen molar-refractivity contribution in [1.29, 1.82) is 0 Å². The molecule has 2 aliphatic carbocycles. The molecular formula is C19H21F3. The molecule has 0 spiro atoms. The summed E-state index contributed by atoms with van der Waals surface area (Å²) in [6, 6.07) is 5.52. The highest BCUT2D eigenvalue weighted by Crippen LogP contribution is 2.49. The quantitative estimate of drug-likeness (QED) is 0.675. The van der Waals surface area contributed by atoms with Crippen LogP contribution in [0.3, 0.4) is 0 Å². The fourth-order valence-corrected chi connectivity index (χ4v) is 3.56. The maximum atomic E-state index is 15.2. The molecule has 0 radical (unpaired) electrons. The van der Waals surface area contributed by atoms with E-state index in [0.717, 1.165) is 18.4 Å². The van der Waals surface area contributed by atoms with Crippen LogP contribution < -0.4 is 0 Å². The summed E-state index contributed by atoms with van der Waals surface area (Å²) in [5.74, 6) is -1.86. The van der Waals surface area contributed by atoms with Crippen LogP contribution in [0.1, 0.15) is 50.3 Å². The van der Waals surface area contributed by atoms with Gasteiger partial charge >= 0.3 is 0 Å². The standard InChI is InChI=1S/C19H21F3/c1-4-5-15-11(2)16(20)18(22)19(3,17(15)21)14-9-8-12-6-7-13(12)10-14/h8-10,17H,4-7H2,1-3H3. The lowest BCUT2D eigenvalue weighted by Gasteiger charge is -2.38. The first-order chi connectivity index (χ1) is 10.4. The van der Waals surface area contributed by atoms with Crippen molar-refractivity contribution in [3.8, 4) is 0 Å². The van der Waals surface area contributed by atoms with E-state index in [2.05, 4.69) is 0 Å². The van der Waals surface area contributed by atoms with Gasteiger partial charge in [0.2, 0.25) is 0 Å². The second kappa shape index (κ2) is 5.29. The van der Waals surface area contributed by atoms with Gasteiger partial charge in [0.25, 0.3) is 0 Å². The second-order valence-corrected chi connectivity index (χ2v) is 6.58. The maximum Gasteiger partial charge on any atom is 0.158 e. The van der Waals surface area contributed by atoms with Gasteiger partial charge in [0.1, 0.15) is 12.0 Å². The monoisotopic (exact) mass is 306 g/mol. The molecule has 118 valence electrons. The fraction of sp³-hybridized carbons (Fsp3) is 0.474. The summed E-state index contributed by atoms with van der Waals surface area (Å²) >= 11 is 0. The molecule has 2 atom stereocenters. The van der Waals surface area contributed by atoms with E-state index in [4.69, 9.17) is 0 Å². The lowest BCUT2D eigenvalue weighted by atomic mass is 9.68. The van der Waals surface area contributed by atoms with Gasteiger partial charge in [-0.15, -0.1) is 0 Å². The average Bonchev–Trinajstić information content (AvgIpc) is 2.49. The molecule has 2 unspecified atom stereocenters. The summed E-state index contributed by atoms with van der Waals surface area (Å²) in [5.41, 5.74) is 1.86.